The lowest BCUT2D eigenvalue weighted by molar-refractivity contribution is -0.0606. The van der Waals surface area contributed by atoms with Crippen molar-refractivity contribution in [3.8, 4) is 0 Å². The first-order chi connectivity index (χ1) is 31.7. The summed E-state index contributed by atoms with van der Waals surface area (Å²) >= 11 is 0. The van der Waals surface area contributed by atoms with Crippen LogP contribution < -0.4 is 91.0 Å². The van der Waals surface area contributed by atoms with Crippen LogP contribution in [0.4, 0.5) is 0 Å². The molecule has 9 aliphatic heterocycles. The molecule has 0 aromatic rings. The zero-order valence-electron chi connectivity index (χ0n) is 39.0. The van der Waals surface area contributed by atoms with Gasteiger partial charge in [-0.05, 0) is 54.6 Å². The predicted molar refractivity (Wildman–Crippen MR) is 329 cm³/mol. The fourth-order valence-corrected chi connectivity index (χ4v) is 268. The Kier molecular flexibility index (Phi) is 23.2. The molecule has 0 spiro atoms. The van der Waals surface area contributed by atoms with Crippen molar-refractivity contribution < 1.29 is 0 Å². The summed E-state index contributed by atoms with van der Waals surface area (Å²) < 4.78 is 25.6. The maximum atomic E-state index is 4.50. The molecule has 9 rings (SSSR count). The zero-order chi connectivity index (χ0) is 43.3. The van der Waals surface area contributed by atoms with E-state index in [0.29, 0.717) is 88.0 Å². The molecule has 9 heterocycles. The predicted octanol–water partition coefficient (Wildman–Crippen LogP) is -26.3. The molecule has 9 aliphatic rings. The fourth-order valence-electron chi connectivity index (χ4n) is 11.9. The Labute approximate surface area is 427 Å². The van der Waals surface area contributed by atoms with Gasteiger partial charge in [0.2, 0.25) is 0 Å². The van der Waals surface area contributed by atoms with Gasteiger partial charge in [-0.15, -0.1) is 0 Å². The van der Waals surface area contributed by atoms with E-state index >= 15 is 0 Å². The van der Waals surface area contributed by atoms with Crippen LogP contribution in [-0.4, -0.2) is 300 Å². The Morgan fingerprint density at radius 2 is 1.64 bits per heavy atom. The normalized spacial score (nSPS) is 43.9. The largest absolute Gasteiger partial charge is 0.345 e. The fraction of sp³-hybridized carbons (Fsp3) is 1.00. The minimum absolute atomic E-state index is 0.0276. The lowest BCUT2D eigenvalue weighted by Crippen LogP contribution is -2.88. The van der Waals surface area contributed by atoms with Crippen molar-refractivity contribution in [2.45, 2.75) is 84.2 Å². The van der Waals surface area contributed by atoms with E-state index in [2.05, 4.69) is 121 Å². The van der Waals surface area contributed by atoms with Crippen LogP contribution in [0.15, 0.2) is 0 Å². The molecule has 18 N–H and O–H groups in total. The second-order valence-corrected chi connectivity index (χ2v) is 113. The summed E-state index contributed by atoms with van der Waals surface area (Å²) in [7, 11) is 0.650. The highest BCUT2D eigenvalue weighted by atomic mass is 29.9. The molecule has 368 valence electrons. The van der Waals surface area contributed by atoms with Crippen molar-refractivity contribution in [3.05, 3.63) is 0 Å². The van der Waals surface area contributed by atoms with Crippen molar-refractivity contribution in [1.29, 1.82) is 0 Å². The molecule has 9 fully saturated rings. The average Bonchev–Trinajstić information content (AvgIpc) is 3.34. The summed E-state index contributed by atoms with van der Waals surface area (Å²) in [6.45, 7) is 4.80. The van der Waals surface area contributed by atoms with Crippen molar-refractivity contribution >= 4 is 193 Å². The molecule has 64 heavy (non-hydrogen) atoms. The first-order valence-corrected chi connectivity index (χ1v) is 78.4. The summed E-state index contributed by atoms with van der Waals surface area (Å²) in [4.78, 5) is 33.6. The van der Waals surface area contributed by atoms with Gasteiger partial charge >= 0.3 is 0 Å². The minimum Gasteiger partial charge on any atom is -0.345 e. The van der Waals surface area contributed by atoms with Gasteiger partial charge in [0.05, 0.1) is 6.67 Å². The Morgan fingerprint density at radius 1 is 0.766 bits per heavy atom. The summed E-state index contributed by atoms with van der Waals surface area (Å²) in [5.41, 5.74) is 3.87. The third-order valence-electron chi connectivity index (χ3n) is 15.5. The quantitative estimate of drug-likeness (QED) is 0.0452. The van der Waals surface area contributed by atoms with Gasteiger partial charge in [0.15, 0.2) is 78.0 Å². The summed E-state index contributed by atoms with van der Waals surface area (Å²) in [6.07, 6.45) is 4.32. The number of rotatable bonds is 18. The molecular weight excluding hydrogens is 1150 g/mol. The van der Waals surface area contributed by atoms with Crippen molar-refractivity contribution in [2.24, 2.45) is 0 Å². The lowest BCUT2D eigenvalue weighted by atomic mass is 10.4. The van der Waals surface area contributed by atoms with Gasteiger partial charge in [0.1, 0.15) is 44.0 Å². The number of hydrogen-bond acceptors (Lipinski definition) is 23. The molecule has 9 saturated heterocycles. The first-order valence-electron chi connectivity index (χ1n) is 25.6. The van der Waals surface area contributed by atoms with E-state index in [0.717, 1.165) is 33.3 Å². The first kappa shape index (κ1) is 52.5. The Bertz CT molecular complexity index is 1370. The third kappa shape index (κ3) is 14.9. The highest BCUT2D eigenvalue weighted by Crippen LogP contribution is 2.20. The molecule has 0 aromatic heterocycles. The van der Waals surface area contributed by atoms with Gasteiger partial charge < -0.3 is 53.8 Å². The standard InChI is InChI=1S/C20H89N23Si21/c1-21-13-29-19-42(54-32-13)17(30-14-22-5-23-16-33-52-36-56-41(14)16)31-18(43(19)55-34-15-24-6-27-64-38-51-26-8-40(15)64)35-53-39-7-25-50-37-63(28-9-39)20(62-10-45-57-46-11-62)49-59-61-60-58-48-12-3-2-4-44-47-12/h12-38,62-64H,2-11,44-61H2,1H3. The van der Waals surface area contributed by atoms with Crippen LogP contribution in [0.1, 0.15) is 12.8 Å². The lowest BCUT2D eigenvalue weighted by Gasteiger charge is -2.58. The van der Waals surface area contributed by atoms with E-state index in [1.807, 2.05) is 11.3 Å². The van der Waals surface area contributed by atoms with Crippen LogP contribution in [0, 0.1) is 0 Å². The van der Waals surface area contributed by atoms with Crippen molar-refractivity contribution in [3.63, 3.8) is 0 Å². The second-order valence-electron chi connectivity index (χ2n) is 19.8. The topological polar surface area (TPSA) is 233 Å². The summed E-state index contributed by atoms with van der Waals surface area (Å²) in [5.74, 6) is 0. The summed E-state index contributed by atoms with van der Waals surface area (Å²) in [6, 6.07) is 1.76. The van der Waals surface area contributed by atoms with Crippen molar-refractivity contribution in [2.75, 3.05) is 40.4 Å². The number of nitrogens with one attached hydrogen (secondary N) is 18. The molecule has 11 atom stereocenters. The van der Waals surface area contributed by atoms with E-state index in [4.69, 9.17) is 0 Å². The number of nitrogens with zero attached hydrogens (tertiary/aromatic N) is 5. The van der Waals surface area contributed by atoms with E-state index in [1.54, 1.807) is 18.9 Å². The van der Waals surface area contributed by atoms with Crippen LogP contribution in [0.5, 0.6) is 0 Å². The molecule has 11 unspecified atom stereocenters. The summed E-state index contributed by atoms with van der Waals surface area (Å²) in [5, 5.41) is 28.7. The number of fused-ring (bicyclic) bond motifs is 3. The van der Waals surface area contributed by atoms with Gasteiger partial charge in [-0.1, -0.05) is 35.4 Å². The molecule has 0 radical (unpaired) electrons. The molecule has 0 aromatic carbocycles. The third-order valence-corrected chi connectivity index (χ3v) is 168. The van der Waals surface area contributed by atoms with E-state index < -0.39 is 86.3 Å². The van der Waals surface area contributed by atoms with Crippen molar-refractivity contribution in [1.82, 2.24) is 114 Å². The minimum atomic E-state index is -1.33. The second kappa shape index (κ2) is 28.3. The maximum Gasteiger partial charge on any atom is 0.265 e. The van der Waals surface area contributed by atoms with E-state index in [-0.39, 0.29) is 62.9 Å². The van der Waals surface area contributed by atoms with Crippen LogP contribution in [-0.2, 0) is 0 Å². The molecule has 0 bridgehead atoms. The zero-order valence-corrected chi connectivity index (χ0v) is 67.9. The molecule has 0 saturated carbocycles. The van der Waals surface area contributed by atoms with Gasteiger partial charge in [-0.3, -0.25) is 60.0 Å². The van der Waals surface area contributed by atoms with Gasteiger partial charge in [0, 0.05) is 89.7 Å². The molecule has 0 aliphatic carbocycles. The molecule has 44 heteroatoms. The monoisotopic (exact) mass is 1240 g/mol. The average molecular weight is 1240 g/mol. The Hall–Kier alpha value is 3.63. The highest BCUT2D eigenvalue weighted by molar-refractivity contribution is 7.60. The Balaban J connectivity index is 0.858. The van der Waals surface area contributed by atoms with E-state index in [9.17, 15) is 0 Å². The van der Waals surface area contributed by atoms with Gasteiger partial charge in [-0.2, -0.15) is 0 Å². The van der Waals surface area contributed by atoms with Gasteiger partial charge in [-0.25, -0.2) is 0 Å². The molecule has 23 nitrogen and oxygen atoms in total. The SMILES string of the molecule is CNC1N[SiH2]N2C(NC3NCNC4N[SiH2]N[SiH2]N43)NC(N[SiH2]N3CN[SiH2]N[SiH](C([SiH2][SiH2][SiH2][SiH2][SiH2][SiH2]C4CCC[SiH2][SiH2]4)[SiH]4C[SiH2][SiH2][SiH2]C4)NC3)N([SiH2]NC3NCN[SiH]4N[SiH2]NCN34)C2N1. The molecular formula is C20H89N23Si21. The van der Waals surface area contributed by atoms with E-state index in [1.165, 1.54) is 9.95 Å². The van der Waals surface area contributed by atoms with Crippen LogP contribution >= 0.6 is 0 Å². The number of hydrogen-bond donors (Lipinski definition) is 18. The highest BCUT2D eigenvalue weighted by Gasteiger charge is 2.46. The maximum absolute atomic E-state index is 4.50. The van der Waals surface area contributed by atoms with Gasteiger partial charge in [0.25, 0.3) is 9.28 Å². The van der Waals surface area contributed by atoms with Crippen LogP contribution in [0.2, 0.25) is 27.3 Å². The smallest absolute Gasteiger partial charge is 0.265 e. The molecule has 0 amide bonds. The van der Waals surface area contributed by atoms with Crippen LogP contribution in [0.3, 0.4) is 0 Å². The Morgan fingerprint density at radius 3 is 2.55 bits per heavy atom. The van der Waals surface area contributed by atoms with Crippen LogP contribution in [0.25, 0.3) is 0 Å².